The van der Waals surface area contributed by atoms with Gasteiger partial charge in [0.25, 0.3) is 0 Å². The summed E-state index contributed by atoms with van der Waals surface area (Å²) in [5, 5.41) is 6.66. The standard InChI is InChI=1S/C29H32N6O2.C2H2/c1-3-15-30-18-25-32-17-24(33-25)21-11-7-19(8-12-21)20-9-13-22(14-10-20)26-27(29(36)37-4-2)35-28(34-26)23-6-5-16-31-23;1-2/h6-14,17,30-31H,3-5,15-16,18H2,1-2H3,(H,32,33)(H,34,35);1-2H. The Morgan fingerprint density at radius 2 is 1.64 bits per heavy atom. The van der Waals surface area contributed by atoms with E-state index in [9.17, 15) is 4.79 Å². The molecule has 8 nitrogen and oxygen atoms in total. The van der Waals surface area contributed by atoms with Crippen molar-refractivity contribution < 1.29 is 9.53 Å². The second-order valence-electron chi connectivity index (χ2n) is 8.94. The van der Waals surface area contributed by atoms with Crippen LogP contribution in [0.1, 0.15) is 48.8 Å². The van der Waals surface area contributed by atoms with Gasteiger partial charge in [0.05, 0.1) is 30.7 Å². The molecule has 0 amide bonds. The normalized spacial score (nSPS) is 12.3. The van der Waals surface area contributed by atoms with Crippen LogP contribution in [0.5, 0.6) is 0 Å². The number of carbonyl (C=O) groups is 1. The third-order valence-corrected chi connectivity index (χ3v) is 6.28. The number of esters is 1. The van der Waals surface area contributed by atoms with Crippen molar-refractivity contribution in [1.82, 2.24) is 30.6 Å². The zero-order valence-electron chi connectivity index (χ0n) is 22.4. The Labute approximate surface area is 229 Å². The number of ether oxygens (including phenoxy) is 1. The predicted molar refractivity (Wildman–Crippen MR) is 155 cm³/mol. The first-order valence-electron chi connectivity index (χ1n) is 13.2. The molecule has 1 aliphatic heterocycles. The number of benzene rings is 2. The number of aromatic amines is 2. The Kier molecular flexibility index (Phi) is 9.33. The van der Waals surface area contributed by atoms with Gasteiger partial charge in [0.1, 0.15) is 11.5 Å². The predicted octanol–water partition coefficient (Wildman–Crippen LogP) is 5.39. The molecule has 0 unspecified atom stereocenters. The molecule has 5 rings (SSSR count). The van der Waals surface area contributed by atoms with Gasteiger partial charge in [-0.25, -0.2) is 14.8 Å². The largest absolute Gasteiger partial charge is 0.461 e. The lowest BCUT2D eigenvalue weighted by molar-refractivity contribution is 0.0521. The van der Waals surface area contributed by atoms with Crippen LogP contribution in [0.3, 0.4) is 0 Å². The fourth-order valence-corrected chi connectivity index (χ4v) is 4.38. The van der Waals surface area contributed by atoms with Gasteiger partial charge in [-0.15, -0.1) is 12.8 Å². The second-order valence-corrected chi connectivity index (χ2v) is 8.94. The van der Waals surface area contributed by atoms with Crippen LogP contribution in [0.15, 0.2) is 60.8 Å². The molecule has 2 aromatic carbocycles. The molecule has 0 saturated heterocycles. The zero-order valence-corrected chi connectivity index (χ0v) is 22.4. The van der Waals surface area contributed by atoms with Crippen molar-refractivity contribution in [2.45, 2.75) is 33.2 Å². The van der Waals surface area contributed by atoms with Crippen molar-refractivity contribution in [3.8, 4) is 46.5 Å². The minimum atomic E-state index is -0.405. The van der Waals surface area contributed by atoms with Gasteiger partial charge in [-0.3, -0.25) is 0 Å². The topological polar surface area (TPSA) is 108 Å². The molecule has 4 aromatic rings. The number of aromatic nitrogens is 4. The highest BCUT2D eigenvalue weighted by Gasteiger charge is 2.22. The number of imidazole rings is 2. The van der Waals surface area contributed by atoms with E-state index in [0.29, 0.717) is 23.8 Å². The first-order chi connectivity index (χ1) is 19.2. The average Bonchev–Trinajstić information content (AvgIpc) is 3.76. The Bertz CT molecular complexity index is 1430. The van der Waals surface area contributed by atoms with E-state index in [-0.39, 0.29) is 0 Å². The minimum absolute atomic E-state index is 0.304. The van der Waals surface area contributed by atoms with E-state index in [0.717, 1.165) is 71.9 Å². The van der Waals surface area contributed by atoms with Crippen molar-refractivity contribution in [2.24, 2.45) is 0 Å². The van der Waals surface area contributed by atoms with Gasteiger partial charge in [-0.1, -0.05) is 61.5 Å². The number of carbonyl (C=O) groups excluding carboxylic acids is 1. The van der Waals surface area contributed by atoms with Gasteiger partial charge in [0.15, 0.2) is 11.5 Å². The molecule has 4 N–H and O–H groups in total. The molecule has 0 spiro atoms. The third kappa shape index (κ3) is 6.46. The summed E-state index contributed by atoms with van der Waals surface area (Å²) in [5.41, 5.74) is 7.00. The Morgan fingerprint density at radius 3 is 2.26 bits per heavy atom. The van der Waals surface area contributed by atoms with E-state index in [1.807, 2.05) is 18.3 Å². The molecule has 0 radical (unpaired) electrons. The summed E-state index contributed by atoms with van der Waals surface area (Å²) < 4.78 is 5.27. The Morgan fingerprint density at radius 1 is 0.974 bits per heavy atom. The van der Waals surface area contributed by atoms with Crippen LogP contribution in [0.2, 0.25) is 0 Å². The highest BCUT2D eigenvalue weighted by Crippen LogP contribution is 2.29. The van der Waals surface area contributed by atoms with Gasteiger partial charge < -0.3 is 25.3 Å². The maximum Gasteiger partial charge on any atom is 0.357 e. The fourth-order valence-electron chi connectivity index (χ4n) is 4.38. The van der Waals surface area contributed by atoms with Crippen molar-refractivity contribution in [3.63, 3.8) is 0 Å². The monoisotopic (exact) mass is 522 g/mol. The number of hydrogen-bond acceptors (Lipinski definition) is 6. The lowest BCUT2D eigenvalue weighted by Crippen LogP contribution is -2.14. The lowest BCUT2D eigenvalue weighted by atomic mass is 10.0. The molecule has 0 aliphatic carbocycles. The number of nitrogens with zero attached hydrogens (tertiary/aromatic N) is 2. The van der Waals surface area contributed by atoms with Crippen LogP contribution in [0, 0.1) is 12.8 Å². The first kappa shape index (κ1) is 27.4. The summed E-state index contributed by atoms with van der Waals surface area (Å²) in [4.78, 5) is 28.4. The maximum absolute atomic E-state index is 12.6. The van der Waals surface area contributed by atoms with E-state index in [1.54, 1.807) is 6.92 Å². The van der Waals surface area contributed by atoms with Crippen LogP contribution in [0.4, 0.5) is 0 Å². The van der Waals surface area contributed by atoms with Crippen LogP contribution in [-0.4, -0.2) is 45.6 Å². The number of rotatable bonds is 10. The molecule has 0 bridgehead atoms. The lowest BCUT2D eigenvalue weighted by Gasteiger charge is -2.06. The SMILES string of the molecule is C#C.CCCNCc1ncc(-c2ccc(-c3ccc(-c4nc(C5=CCCN5)[nH]c4C(=O)OCC)cc3)cc2)[nH]1. The summed E-state index contributed by atoms with van der Waals surface area (Å²) in [6, 6.07) is 16.5. The fraction of sp³-hybridized carbons (Fsp3) is 0.258. The number of H-pyrrole nitrogens is 2. The number of nitrogens with one attached hydrogen (secondary N) is 4. The summed E-state index contributed by atoms with van der Waals surface area (Å²) in [6.45, 7) is 6.83. The molecule has 0 atom stereocenters. The molecule has 0 fully saturated rings. The van der Waals surface area contributed by atoms with E-state index >= 15 is 0 Å². The number of terminal acetylenes is 1. The Hall–Kier alpha value is -4.61. The molecule has 8 heteroatoms. The average molecular weight is 523 g/mol. The van der Waals surface area contributed by atoms with Crippen molar-refractivity contribution in [2.75, 3.05) is 19.7 Å². The first-order valence-corrected chi connectivity index (χ1v) is 13.2. The van der Waals surface area contributed by atoms with Crippen LogP contribution in [0.25, 0.3) is 39.3 Å². The molecule has 1 aliphatic rings. The number of hydrogen-bond donors (Lipinski definition) is 4. The highest BCUT2D eigenvalue weighted by molar-refractivity contribution is 5.95. The van der Waals surface area contributed by atoms with Gasteiger partial charge in [-0.2, -0.15) is 0 Å². The van der Waals surface area contributed by atoms with Crippen LogP contribution in [-0.2, 0) is 11.3 Å². The molecule has 2 aromatic heterocycles. The van der Waals surface area contributed by atoms with Crippen molar-refractivity contribution in [1.29, 1.82) is 0 Å². The minimum Gasteiger partial charge on any atom is -0.461 e. The Balaban J connectivity index is 0.00000172. The van der Waals surface area contributed by atoms with Crippen molar-refractivity contribution in [3.05, 3.63) is 78.1 Å². The molecular weight excluding hydrogens is 488 g/mol. The summed E-state index contributed by atoms with van der Waals surface area (Å²) in [6.07, 6.45) is 14.0. The molecule has 39 heavy (non-hydrogen) atoms. The van der Waals surface area contributed by atoms with Crippen LogP contribution >= 0.6 is 0 Å². The van der Waals surface area contributed by atoms with Gasteiger partial charge in [0, 0.05) is 12.1 Å². The third-order valence-electron chi connectivity index (χ3n) is 6.28. The summed E-state index contributed by atoms with van der Waals surface area (Å²) in [5.74, 6) is 1.18. The second kappa shape index (κ2) is 13.3. The van der Waals surface area contributed by atoms with Gasteiger partial charge in [-0.05, 0) is 43.0 Å². The van der Waals surface area contributed by atoms with Gasteiger partial charge >= 0.3 is 5.97 Å². The molecular formula is C31H34N6O2. The summed E-state index contributed by atoms with van der Waals surface area (Å²) in [7, 11) is 0. The van der Waals surface area contributed by atoms with Crippen LogP contribution < -0.4 is 10.6 Å². The van der Waals surface area contributed by atoms with E-state index in [1.165, 1.54) is 0 Å². The molecule has 200 valence electrons. The van der Waals surface area contributed by atoms with E-state index in [4.69, 9.17) is 9.72 Å². The van der Waals surface area contributed by atoms with E-state index < -0.39 is 5.97 Å². The summed E-state index contributed by atoms with van der Waals surface area (Å²) >= 11 is 0. The zero-order chi connectivity index (χ0) is 27.6. The molecule has 3 heterocycles. The van der Waals surface area contributed by atoms with E-state index in [2.05, 4.69) is 87.8 Å². The highest BCUT2D eigenvalue weighted by atomic mass is 16.5. The maximum atomic E-state index is 12.6. The van der Waals surface area contributed by atoms with Gasteiger partial charge in [0.2, 0.25) is 0 Å². The molecule has 0 saturated carbocycles. The quantitative estimate of drug-likeness (QED) is 0.126. The smallest absolute Gasteiger partial charge is 0.357 e. The van der Waals surface area contributed by atoms with Crippen molar-refractivity contribution >= 4 is 11.7 Å².